The van der Waals surface area contributed by atoms with E-state index in [1.807, 2.05) is 9.47 Å². The normalized spacial score (nSPS) is 25.2. The number of aromatic nitrogens is 3. The third-order valence-electron chi connectivity index (χ3n) is 6.45. The van der Waals surface area contributed by atoms with Crippen molar-refractivity contribution >= 4 is 5.91 Å². The maximum Gasteiger partial charge on any atom is 0.227 e. The second kappa shape index (κ2) is 7.84. The highest BCUT2D eigenvalue weighted by Crippen LogP contribution is 2.27. The van der Waals surface area contributed by atoms with Crippen LogP contribution in [0.25, 0.3) is 11.4 Å². The number of carbonyl (C=O) groups excluding carboxylic acids is 1. The number of piperazine rings is 1. The van der Waals surface area contributed by atoms with E-state index in [9.17, 15) is 9.18 Å². The Morgan fingerprint density at radius 2 is 1.86 bits per heavy atom. The fraction of sp³-hybridized carbons (Fsp3) is 0.571. The zero-order valence-corrected chi connectivity index (χ0v) is 16.5. The van der Waals surface area contributed by atoms with Crippen LogP contribution in [0.2, 0.25) is 0 Å². The summed E-state index contributed by atoms with van der Waals surface area (Å²) in [5.74, 6) is 1.52. The number of halogens is 1. The summed E-state index contributed by atoms with van der Waals surface area (Å²) in [6.45, 7) is 5.67. The monoisotopic (exact) mass is 399 g/mol. The van der Waals surface area contributed by atoms with E-state index in [1.54, 1.807) is 12.1 Å². The van der Waals surface area contributed by atoms with Crippen molar-refractivity contribution in [3.63, 3.8) is 0 Å². The molecule has 7 nitrogen and oxygen atoms in total. The van der Waals surface area contributed by atoms with Crippen molar-refractivity contribution in [2.75, 3.05) is 39.4 Å². The van der Waals surface area contributed by atoms with Gasteiger partial charge in [0.1, 0.15) is 11.6 Å². The standard InChI is InChI=1S/C21H26FN5O2/c22-17-4-1-15(2-5-17)20-24-23-19-6-3-16(13-27(19)20)21(28)26-10-8-25(9-11-26)18-7-12-29-14-18/h1-2,4-5,16,18H,3,6-14H2. The van der Waals surface area contributed by atoms with Crippen molar-refractivity contribution < 1.29 is 13.9 Å². The predicted octanol–water partition coefficient (Wildman–Crippen LogP) is 1.58. The molecule has 1 aromatic heterocycles. The van der Waals surface area contributed by atoms with E-state index in [1.165, 1.54) is 12.1 Å². The third kappa shape index (κ3) is 3.67. The van der Waals surface area contributed by atoms with Crippen LogP contribution in [0.1, 0.15) is 18.7 Å². The lowest BCUT2D eigenvalue weighted by Crippen LogP contribution is -2.53. The van der Waals surface area contributed by atoms with Crippen LogP contribution in [0.4, 0.5) is 4.39 Å². The molecule has 0 spiro atoms. The van der Waals surface area contributed by atoms with Gasteiger partial charge in [0, 0.05) is 57.4 Å². The molecule has 2 unspecified atom stereocenters. The van der Waals surface area contributed by atoms with Gasteiger partial charge in [-0.05, 0) is 37.1 Å². The van der Waals surface area contributed by atoms with Gasteiger partial charge in [-0.25, -0.2) is 4.39 Å². The Bertz CT molecular complexity index is 870. The highest BCUT2D eigenvalue weighted by atomic mass is 19.1. The van der Waals surface area contributed by atoms with Crippen LogP contribution in [0.3, 0.4) is 0 Å². The Kier molecular flexibility index (Phi) is 5.05. The van der Waals surface area contributed by atoms with Crippen LogP contribution in [-0.4, -0.2) is 75.9 Å². The molecule has 3 aliphatic rings. The summed E-state index contributed by atoms with van der Waals surface area (Å²) in [5.41, 5.74) is 0.825. The zero-order chi connectivity index (χ0) is 19.8. The first-order valence-corrected chi connectivity index (χ1v) is 10.5. The molecule has 29 heavy (non-hydrogen) atoms. The van der Waals surface area contributed by atoms with Crippen molar-refractivity contribution in [2.45, 2.75) is 31.8 Å². The molecular formula is C21H26FN5O2. The summed E-state index contributed by atoms with van der Waals surface area (Å²) >= 11 is 0. The molecule has 4 heterocycles. The number of amides is 1. The van der Waals surface area contributed by atoms with Crippen LogP contribution in [0.15, 0.2) is 24.3 Å². The number of rotatable bonds is 3. The largest absolute Gasteiger partial charge is 0.380 e. The Morgan fingerprint density at radius 3 is 2.59 bits per heavy atom. The van der Waals surface area contributed by atoms with Crippen LogP contribution < -0.4 is 0 Å². The number of nitrogens with zero attached hydrogens (tertiary/aromatic N) is 5. The summed E-state index contributed by atoms with van der Waals surface area (Å²) < 4.78 is 20.8. The quantitative estimate of drug-likeness (QED) is 0.784. The summed E-state index contributed by atoms with van der Waals surface area (Å²) in [5, 5.41) is 8.60. The first kappa shape index (κ1) is 18.7. The van der Waals surface area contributed by atoms with Gasteiger partial charge in [-0.2, -0.15) is 0 Å². The van der Waals surface area contributed by atoms with Crippen LogP contribution in [0.5, 0.6) is 0 Å². The molecule has 1 aromatic carbocycles. The van der Waals surface area contributed by atoms with Crippen molar-refractivity contribution in [2.24, 2.45) is 5.92 Å². The van der Waals surface area contributed by atoms with Gasteiger partial charge in [0.25, 0.3) is 0 Å². The highest BCUT2D eigenvalue weighted by Gasteiger charge is 2.34. The molecule has 0 saturated carbocycles. The molecule has 2 atom stereocenters. The maximum atomic E-state index is 13.3. The molecule has 0 bridgehead atoms. The SMILES string of the molecule is O=C(C1CCc2nnc(-c3ccc(F)cc3)n2C1)N1CCN(C2CCOC2)CC1. The molecule has 3 aliphatic heterocycles. The van der Waals surface area contributed by atoms with E-state index in [0.29, 0.717) is 18.4 Å². The van der Waals surface area contributed by atoms with Crippen LogP contribution >= 0.6 is 0 Å². The van der Waals surface area contributed by atoms with Gasteiger partial charge in [-0.15, -0.1) is 10.2 Å². The maximum absolute atomic E-state index is 13.3. The molecule has 154 valence electrons. The second-order valence-corrected chi connectivity index (χ2v) is 8.17. The minimum atomic E-state index is -0.275. The predicted molar refractivity (Wildman–Crippen MR) is 105 cm³/mol. The smallest absolute Gasteiger partial charge is 0.227 e. The van der Waals surface area contributed by atoms with Crippen LogP contribution in [0, 0.1) is 11.7 Å². The molecule has 2 aromatic rings. The molecule has 5 rings (SSSR count). The molecule has 2 fully saturated rings. The Hall–Kier alpha value is -2.32. The van der Waals surface area contributed by atoms with Crippen molar-refractivity contribution in [3.8, 4) is 11.4 Å². The number of hydrogen-bond donors (Lipinski definition) is 0. The first-order chi connectivity index (χ1) is 14.2. The lowest BCUT2D eigenvalue weighted by molar-refractivity contribution is -0.138. The van der Waals surface area contributed by atoms with Gasteiger partial charge in [-0.3, -0.25) is 9.69 Å². The minimum Gasteiger partial charge on any atom is -0.380 e. The van der Waals surface area contributed by atoms with Gasteiger partial charge in [0.15, 0.2) is 5.82 Å². The van der Waals surface area contributed by atoms with E-state index >= 15 is 0 Å². The van der Waals surface area contributed by atoms with E-state index in [0.717, 1.165) is 70.0 Å². The highest BCUT2D eigenvalue weighted by molar-refractivity contribution is 5.79. The lowest BCUT2D eigenvalue weighted by Gasteiger charge is -2.39. The number of fused-ring (bicyclic) bond motifs is 1. The lowest BCUT2D eigenvalue weighted by atomic mass is 9.97. The van der Waals surface area contributed by atoms with Gasteiger partial charge >= 0.3 is 0 Å². The third-order valence-corrected chi connectivity index (χ3v) is 6.45. The number of carbonyl (C=O) groups is 1. The summed E-state index contributed by atoms with van der Waals surface area (Å²) in [4.78, 5) is 17.7. The fourth-order valence-electron chi connectivity index (χ4n) is 4.72. The van der Waals surface area contributed by atoms with Crippen molar-refractivity contribution in [1.29, 1.82) is 0 Å². The van der Waals surface area contributed by atoms with Gasteiger partial charge < -0.3 is 14.2 Å². The average Bonchev–Trinajstić information content (AvgIpc) is 3.44. The van der Waals surface area contributed by atoms with E-state index in [4.69, 9.17) is 4.74 Å². The molecule has 1 amide bonds. The van der Waals surface area contributed by atoms with E-state index in [2.05, 4.69) is 15.1 Å². The molecule has 2 saturated heterocycles. The Morgan fingerprint density at radius 1 is 1.07 bits per heavy atom. The molecule has 8 heteroatoms. The van der Waals surface area contributed by atoms with Gasteiger partial charge in [0.2, 0.25) is 5.91 Å². The van der Waals surface area contributed by atoms with Crippen molar-refractivity contribution in [1.82, 2.24) is 24.6 Å². The number of aryl methyl sites for hydroxylation is 1. The first-order valence-electron chi connectivity index (χ1n) is 10.5. The van der Waals surface area contributed by atoms with E-state index in [-0.39, 0.29) is 17.6 Å². The fourth-order valence-corrected chi connectivity index (χ4v) is 4.72. The van der Waals surface area contributed by atoms with Gasteiger partial charge in [-0.1, -0.05) is 0 Å². The zero-order valence-electron chi connectivity index (χ0n) is 16.5. The van der Waals surface area contributed by atoms with E-state index < -0.39 is 0 Å². The molecule has 0 aliphatic carbocycles. The summed E-state index contributed by atoms with van der Waals surface area (Å²) in [6, 6.07) is 6.79. The van der Waals surface area contributed by atoms with Crippen LogP contribution in [-0.2, 0) is 22.5 Å². The minimum absolute atomic E-state index is 0.0564. The second-order valence-electron chi connectivity index (χ2n) is 8.17. The molecule has 0 radical (unpaired) electrons. The average molecular weight is 399 g/mol. The summed E-state index contributed by atoms with van der Waals surface area (Å²) in [6.07, 6.45) is 2.64. The topological polar surface area (TPSA) is 63.5 Å². The van der Waals surface area contributed by atoms with Gasteiger partial charge in [0.05, 0.1) is 12.5 Å². The summed E-state index contributed by atoms with van der Waals surface area (Å²) in [7, 11) is 0. The Labute approximate surface area is 169 Å². The molecule has 0 N–H and O–H groups in total. The Balaban J connectivity index is 1.25. The number of ether oxygens (including phenoxy) is 1. The number of hydrogen-bond acceptors (Lipinski definition) is 5. The number of benzene rings is 1. The molecular weight excluding hydrogens is 373 g/mol. The van der Waals surface area contributed by atoms with Crippen molar-refractivity contribution in [3.05, 3.63) is 35.9 Å².